The minimum atomic E-state index is 0.497. The van der Waals surface area contributed by atoms with Gasteiger partial charge < -0.3 is 15.4 Å². The van der Waals surface area contributed by atoms with E-state index in [9.17, 15) is 0 Å². The number of nitrogens with zero attached hydrogens (tertiary/aromatic N) is 2. The number of ether oxygens (including phenoxy) is 1. The quantitative estimate of drug-likeness (QED) is 0.800. The first-order valence-corrected chi connectivity index (χ1v) is 6.67. The summed E-state index contributed by atoms with van der Waals surface area (Å²) in [7, 11) is 1.75. The second kappa shape index (κ2) is 6.16. The number of anilines is 1. The molecule has 0 aromatic carbocycles. The predicted octanol–water partition coefficient (Wildman–Crippen LogP) is 1.79. The van der Waals surface area contributed by atoms with E-state index in [0.717, 1.165) is 24.8 Å². The van der Waals surface area contributed by atoms with Gasteiger partial charge in [0.15, 0.2) is 0 Å². The molecule has 1 atom stereocenters. The first kappa shape index (κ1) is 13.3. The Hall–Kier alpha value is -1.13. The van der Waals surface area contributed by atoms with Crippen molar-refractivity contribution in [2.24, 2.45) is 11.7 Å². The molecule has 1 aromatic heterocycles. The van der Waals surface area contributed by atoms with Crippen LogP contribution in [0.5, 0.6) is 0 Å². The van der Waals surface area contributed by atoms with Crippen molar-refractivity contribution in [2.75, 3.05) is 25.2 Å². The van der Waals surface area contributed by atoms with Crippen LogP contribution in [-0.2, 0) is 11.3 Å². The highest BCUT2D eigenvalue weighted by atomic mass is 16.5. The Morgan fingerprint density at radius 1 is 1.50 bits per heavy atom. The molecule has 1 aromatic rings. The van der Waals surface area contributed by atoms with E-state index in [1.54, 1.807) is 7.11 Å². The molecule has 2 N–H and O–H groups in total. The topological polar surface area (TPSA) is 51.4 Å². The number of hydrogen-bond acceptors (Lipinski definition) is 4. The molecule has 0 spiro atoms. The summed E-state index contributed by atoms with van der Waals surface area (Å²) >= 11 is 0. The molecule has 0 radical (unpaired) electrons. The first-order valence-electron chi connectivity index (χ1n) is 6.67. The zero-order valence-electron chi connectivity index (χ0n) is 11.3. The summed E-state index contributed by atoms with van der Waals surface area (Å²) in [5.41, 5.74) is 7.68. The Labute approximate surface area is 109 Å². The normalized spacial score (nSPS) is 16.6. The monoisotopic (exact) mass is 249 g/mol. The lowest BCUT2D eigenvalue weighted by Crippen LogP contribution is -2.37. The molecule has 4 heteroatoms. The van der Waals surface area contributed by atoms with E-state index >= 15 is 0 Å². The number of pyridine rings is 1. The van der Waals surface area contributed by atoms with Gasteiger partial charge in [-0.2, -0.15) is 0 Å². The lowest BCUT2D eigenvalue weighted by Gasteiger charge is -2.31. The first-order chi connectivity index (χ1) is 8.76. The maximum absolute atomic E-state index is 5.58. The molecule has 1 unspecified atom stereocenters. The predicted molar refractivity (Wildman–Crippen MR) is 73.5 cm³/mol. The molecule has 4 nitrogen and oxygen atoms in total. The summed E-state index contributed by atoms with van der Waals surface area (Å²) in [6.45, 7) is 4.45. The van der Waals surface area contributed by atoms with Crippen LogP contribution >= 0.6 is 0 Å². The minimum absolute atomic E-state index is 0.497. The Kier molecular flexibility index (Phi) is 4.55. The highest BCUT2D eigenvalue weighted by Crippen LogP contribution is 2.36. The zero-order valence-corrected chi connectivity index (χ0v) is 11.3. The van der Waals surface area contributed by atoms with Gasteiger partial charge in [0.05, 0.1) is 24.2 Å². The molecule has 1 heterocycles. The van der Waals surface area contributed by atoms with Gasteiger partial charge in [0, 0.05) is 26.2 Å². The van der Waals surface area contributed by atoms with Gasteiger partial charge >= 0.3 is 0 Å². The third-order valence-electron chi connectivity index (χ3n) is 3.68. The van der Waals surface area contributed by atoms with Crippen LogP contribution < -0.4 is 10.6 Å². The van der Waals surface area contributed by atoms with Crippen molar-refractivity contribution in [3.63, 3.8) is 0 Å². The molecule has 2 rings (SSSR count). The molecule has 0 amide bonds. The summed E-state index contributed by atoms with van der Waals surface area (Å²) in [6.07, 6.45) is 4.62. The van der Waals surface area contributed by atoms with Crippen LogP contribution in [-0.4, -0.2) is 31.3 Å². The molecule has 0 saturated heterocycles. The average molecular weight is 249 g/mol. The lowest BCUT2D eigenvalue weighted by atomic mass is 10.1. The third kappa shape index (κ3) is 3.21. The lowest BCUT2D eigenvalue weighted by molar-refractivity contribution is 0.202. The van der Waals surface area contributed by atoms with Crippen molar-refractivity contribution in [3.8, 4) is 0 Å². The van der Waals surface area contributed by atoms with Crippen molar-refractivity contribution in [2.45, 2.75) is 32.4 Å². The summed E-state index contributed by atoms with van der Waals surface area (Å²) in [5.74, 6) is 0.830. The van der Waals surface area contributed by atoms with E-state index in [2.05, 4.69) is 22.9 Å². The smallest absolute Gasteiger partial charge is 0.0637 e. The highest BCUT2D eigenvalue weighted by Gasteiger charge is 2.32. The number of aromatic nitrogens is 1. The van der Waals surface area contributed by atoms with E-state index in [1.165, 1.54) is 18.5 Å². The Balaban J connectivity index is 2.09. The standard InChI is InChI=1S/C14H23N3O/c1-11(12-3-4-12)17(7-8-18-2)14-6-5-13(9-15)16-10-14/h5-6,10-12H,3-4,7-9,15H2,1-2H3. The Bertz CT molecular complexity index is 362. The molecular formula is C14H23N3O. The molecule has 1 fully saturated rings. The van der Waals surface area contributed by atoms with Crippen molar-refractivity contribution < 1.29 is 4.74 Å². The number of rotatable bonds is 7. The SMILES string of the molecule is COCCN(c1ccc(CN)nc1)C(C)C1CC1. The van der Waals surface area contributed by atoms with Crippen LogP contribution in [0.1, 0.15) is 25.5 Å². The van der Waals surface area contributed by atoms with E-state index in [-0.39, 0.29) is 0 Å². The molecular weight excluding hydrogens is 226 g/mol. The maximum Gasteiger partial charge on any atom is 0.0637 e. The minimum Gasteiger partial charge on any atom is -0.383 e. The van der Waals surface area contributed by atoms with Crippen LogP contribution in [0.2, 0.25) is 0 Å². The number of hydrogen-bond donors (Lipinski definition) is 1. The molecule has 1 aliphatic rings. The van der Waals surface area contributed by atoms with E-state index in [0.29, 0.717) is 12.6 Å². The fraction of sp³-hybridized carbons (Fsp3) is 0.643. The fourth-order valence-electron chi connectivity index (χ4n) is 2.30. The average Bonchev–Trinajstić information content (AvgIpc) is 3.24. The Morgan fingerprint density at radius 3 is 2.78 bits per heavy atom. The van der Waals surface area contributed by atoms with E-state index in [4.69, 9.17) is 10.5 Å². The third-order valence-corrected chi connectivity index (χ3v) is 3.68. The molecule has 100 valence electrons. The van der Waals surface area contributed by atoms with Crippen LogP contribution in [0.3, 0.4) is 0 Å². The van der Waals surface area contributed by atoms with E-state index < -0.39 is 0 Å². The maximum atomic E-state index is 5.58. The summed E-state index contributed by atoms with van der Waals surface area (Å²) < 4.78 is 5.21. The van der Waals surface area contributed by atoms with E-state index in [1.807, 2.05) is 12.3 Å². The Morgan fingerprint density at radius 2 is 2.28 bits per heavy atom. The molecule has 0 aliphatic heterocycles. The molecule has 1 saturated carbocycles. The highest BCUT2D eigenvalue weighted by molar-refractivity contribution is 5.46. The second-order valence-corrected chi connectivity index (χ2v) is 4.98. The van der Waals surface area contributed by atoms with Crippen LogP contribution in [0.25, 0.3) is 0 Å². The van der Waals surface area contributed by atoms with Gasteiger partial charge in [0.2, 0.25) is 0 Å². The zero-order chi connectivity index (χ0) is 13.0. The van der Waals surface area contributed by atoms with Gasteiger partial charge in [-0.05, 0) is 37.8 Å². The van der Waals surface area contributed by atoms with Gasteiger partial charge in [0.25, 0.3) is 0 Å². The second-order valence-electron chi connectivity index (χ2n) is 4.98. The van der Waals surface area contributed by atoms with Gasteiger partial charge in [-0.25, -0.2) is 0 Å². The van der Waals surface area contributed by atoms with Crippen LogP contribution in [0, 0.1) is 5.92 Å². The van der Waals surface area contributed by atoms with Crippen molar-refractivity contribution in [1.29, 1.82) is 0 Å². The number of nitrogens with two attached hydrogens (primary N) is 1. The summed E-state index contributed by atoms with van der Waals surface area (Å²) in [5, 5.41) is 0. The van der Waals surface area contributed by atoms with Gasteiger partial charge in [0.1, 0.15) is 0 Å². The molecule has 1 aliphatic carbocycles. The van der Waals surface area contributed by atoms with Crippen LogP contribution in [0.15, 0.2) is 18.3 Å². The summed E-state index contributed by atoms with van der Waals surface area (Å²) in [6, 6.07) is 4.68. The molecule has 0 bridgehead atoms. The van der Waals surface area contributed by atoms with Gasteiger partial charge in [-0.1, -0.05) is 0 Å². The van der Waals surface area contributed by atoms with Crippen molar-refractivity contribution in [3.05, 3.63) is 24.0 Å². The fourth-order valence-corrected chi connectivity index (χ4v) is 2.30. The van der Waals surface area contributed by atoms with Crippen molar-refractivity contribution >= 4 is 5.69 Å². The van der Waals surface area contributed by atoms with Gasteiger partial charge in [-0.15, -0.1) is 0 Å². The number of methoxy groups -OCH3 is 1. The summed E-state index contributed by atoms with van der Waals surface area (Å²) in [4.78, 5) is 6.78. The van der Waals surface area contributed by atoms with Gasteiger partial charge in [-0.3, -0.25) is 4.98 Å². The molecule has 18 heavy (non-hydrogen) atoms. The van der Waals surface area contributed by atoms with Crippen LogP contribution in [0.4, 0.5) is 5.69 Å². The largest absolute Gasteiger partial charge is 0.383 e. The van der Waals surface area contributed by atoms with Crippen molar-refractivity contribution in [1.82, 2.24) is 4.98 Å².